The third kappa shape index (κ3) is 5.08. The third-order valence-corrected chi connectivity index (χ3v) is 7.37. The number of aryl methyl sites for hydroxylation is 3. The first-order chi connectivity index (χ1) is 15.7. The Labute approximate surface area is 194 Å². The molecule has 1 aliphatic heterocycles. The number of carbonyl (C=O) groups is 1. The zero-order valence-electron chi connectivity index (χ0n) is 19.1. The Bertz CT molecular complexity index is 1280. The van der Waals surface area contributed by atoms with Crippen molar-refractivity contribution in [3.05, 3.63) is 59.0 Å². The van der Waals surface area contributed by atoms with Crippen molar-refractivity contribution in [1.29, 1.82) is 0 Å². The normalized spacial score (nSPS) is 14.7. The molecular weight excluding hydrogens is 440 g/mol. The summed E-state index contributed by atoms with van der Waals surface area (Å²) in [5, 5.41) is 3.94. The average molecular weight is 469 g/mol. The number of benzene rings is 2. The first-order valence-electron chi connectivity index (χ1n) is 11.1. The largest absolute Gasteiger partial charge is 0.334 e. The van der Waals surface area contributed by atoms with Gasteiger partial charge in [-0.25, -0.2) is 8.42 Å². The minimum absolute atomic E-state index is 0.0784. The second kappa shape index (κ2) is 9.35. The van der Waals surface area contributed by atoms with Gasteiger partial charge in [0.05, 0.1) is 10.6 Å². The molecule has 0 saturated carbocycles. The number of amides is 1. The van der Waals surface area contributed by atoms with Gasteiger partial charge in [-0.1, -0.05) is 47.8 Å². The van der Waals surface area contributed by atoms with Gasteiger partial charge in [0.25, 0.3) is 10.0 Å². The summed E-state index contributed by atoms with van der Waals surface area (Å²) in [6.45, 7) is 6.89. The molecule has 0 spiro atoms. The molecule has 0 radical (unpaired) electrons. The van der Waals surface area contributed by atoms with Crippen LogP contribution in [0.4, 0.5) is 5.69 Å². The van der Waals surface area contributed by atoms with Crippen LogP contribution in [0.2, 0.25) is 0 Å². The standard InChI is InChI=1S/C24H28N4O4S/c1-16-8-11-20(18(3)14-16)27-33(30,31)21-15-19(10-9-17(21)2)22-25-23(32-26-22)24(29)28-12-6-4-5-7-13-28/h8-11,14-15,27H,4-7,12-13H2,1-3H3. The molecule has 2 heterocycles. The second-order valence-corrected chi connectivity index (χ2v) is 10.2. The van der Waals surface area contributed by atoms with E-state index in [-0.39, 0.29) is 22.5 Å². The molecule has 0 bridgehead atoms. The number of rotatable bonds is 5. The molecule has 3 aromatic rings. The lowest BCUT2D eigenvalue weighted by Gasteiger charge is -2.17. The molecule has 2 aromatic carbocycles. The van der Waals surface area contributed by atoms with E-state index in [1.54, 1.807) is 30.0 Å². The number of likely N-dealkylation sites (tertiary alicyclic amines) is 1. The minimum atomic E-state index is -3.85. The van der Waals surface area contributed by atoms with E-state index >= 15 is 0 Å². The van der Waals surface area contributed by atoms with Crippen molar-refractivity contribution < 1.29 is 17.7 Å². The number of nitrogens with one attached hydrogen (secondary N) is 1. The molecule has 9 heteroatoms. The maximum absolute atomic E-state index is 13.2. The van der Waals surface area contributed by atoms with Crippen LogP contribution in [0.5, 0.6) is 0 Å². The molecule has 1 N–H and O–H groups in total. The molecule has 1 aliphatic rings. The van der Waals surface area contributed by atoms with Gasteiger partial charge in [0.2, 0.25) is 5.82 Å². The predicted molar refractivity (Wildman–Crippen MR) is 126 cm³/mol. The molecule has 1 aromatic heterocycles. The maximum atomic E-state index is 13.2. The Kier molecular flexibility index (Phi) is 6.51. The monoisotopic (exact) mass is 468 g/mol. The van der Waals surface area contributed by atoms with E-state index in [0.29, 0.717) is 29.9 Å². The van der Waals surface area contributed by atoms with Crippen LogP contribution in [0.25, 0.3) is 11.4 Å². The first-order valence-corrected chi connectivity index (χ1v) is 12.6. The van der Waals surface area contributed by atoms with E-state index < -0.39 is 10.0 Å². The number of nitrogens with zero attached hydrogens (tertiary/aromatic N) is 3. The van der Waals surface area contributed by atoms with Gasteiger partial charge in [0, 0.05) is 18.7 Å². The van der Waals surface area contributed by atoms with Crippen LogP contribution in [0.3, 0.4) is 0 Å². The molecular formula is C24H28N4O4S. The highest BCUT2D eigenvalue weighted by Gasteiger charge is 2.25. The summed E-state index contributed by atoms with van der Waals surface area (Å²) in [6, 6.07) is 10.4. The third-order valence-electron chi connectivity index (χ3n) is 5.86. The van der Waals surface area contributed by atoms with Crippen LogP contribution in [0.1, 0.15) is 53.1 Å². The Morgan fingerprint density at radius 2 is 1.70 bits per heavy atom. The topological polar surface area (TPSA) is 105 Å². The van der Waals surface area contributed by atoms with Gasteiger partial charge in [0.15, 0.2) is 0 Å². The zero-order valence-corrected chi connectivity index (χ0v) is 19.9. The lowest BCUT2D eigenvalue weighted by molar-refractivity contribution is 0.0711. The maximum Gasteiger partial charge on any atom is 0.316 e. The van der Waals surface area contributed by atoms with Crippen LogP contribution in [0.15, 0.2) is 45.8 Å². The lowest BCUT2D eigenvalue weighted by Crippen LogP contribution is -2.32. The van der Waals surface area contributed by atoms with Crippen molar-refractivity contribution in [1.82, 2.24) is 15.0 Å². The van der Waals surface area contributed by atoms with Crippen molar-refractivity contribution in [2.75, 3.05) is 17.8 Å². The Morgan fingerprint density at radius 1 is 0.970 bits per heavy atom. The number of sulfonamides is 1. The fraction of sp³-hybridized carbons (Fsp3) is 0.375. The molecule has 1 fully saturated rings. The highest BCUT2D eigenvalue weighted by Crippen LogP contribution is 2.27. The lowest BCUT2D eigenvalue weighted by atomic mass is 10.1. The van der Waals surface area contributed by atoms with Crippen LogP contribution in [-0.2, 0) is 10.0 Å². The zero-order chi connectivity index (χ0) is 23.6. The van der Waals surface area contributed by atoms with E-state index in [1.807, 2.05) is 26.0 Å². The molecule has 33 heavy (non-hydrogen) atoms. The van der Waals surface area contributed by atoms with Gasteiger partial charge in [-0.05, 0) is 56.9 Å². The number of hydrogen-bond donors (Lipinski definition) is 1. The summed E-state index contributed by atoms with van der Waals surface area (Å²) in [4.78, 5) is 18.9. The molecule has 1 saturated heterocycles. The van der Waals surface area contributed by atoms with Gasteiger partial charge < -0.3 is 9.42 Å². The predicted octanol–water partition coefficient (Wildman–Crippen LogP) is 4.48. The molecule has 0 atom stereocenters. The summed E-state index contributed by atoms with van der Waals surface area (Å²) < 4.78 is 34.2. The van der Waals surface area contributed by atoms with E-state index in [0.717, 1.165) is 36.8 Å². The van der Waals surface area contributed by atoms with E-state index in [2.05, 4.69) is 14.9 Å². The van der Waals surface area contributed by atoms with Gasteiger partial charge in [-0.15, -0.1) is 0 Å². The fourth-order valence-electron chi connectivity index (χ4n) is 3.99. The van der Waals surface area contributed by atoms with Gasteiger partial charge in [-0.2, -0.15) is 4.98 Å². The number of anilines is 1. The highest BCUT2D eigenvalue weighted by atomic mass is 32.2. The number of aromatic nitrogens is 2. The van der Waals surface area contributed by atoms with Crippen molar-refractivity contribution in [3.8, 4) is 11.4 Å². The average Bonchev–Trinajstić information content (AvgIpc) is 3.10. The fourth-order valence-corrected chi connectivity index (χ4v) is 5.40. The number of carbonyl (C=O) groups excluding carboxylic acids is 1. The van der Waals surface area contributed by atoms with E-state index in [1.165, 1.54) is 6.07 Å². The van der Waals surface area contributed by atoms with E-state index in [4.69, 9.17) is 4.52 Å². The molecule has 0 aliphatic carbocycles. The first kappa shape index (κ1) is 23.0. The molecule has 8 nitrogen and oxygen atoms in total. The summed E-state index contributed by atoms with van der Waals surface area (Å²) in [6.07, 6.45) is 4.13. The van der Waals surface area contributed by atoms with Crippen LogP contribution >= 0.6 is 0 Å². The summed E-state index contributed by atoms with van der Waals surface area (Å²) >= 11 is 0. The van der Waals surface area contributed by atoms with Crippen LogP contribution in [-0.4, -0.2) is 42.5 Å². The van der Waals surface area contributed by atoms with Crippen molar-refractivity contribution >= 4 is 21.6 Å². The van der Waals surface area contributed by atoms with Crippen LogP contribution < -0.4 is 4.72 Å². The summed E-state index contributed by atoms with van der Waals surface area (Å²) in [7, 11) is -3.85. The SMILES string of the molecule is Cc1ccc(NS(=O)(=O)c2cc(-c3noc(C(=O)N4CCCCCC4)n3)ccc2C)c(C)c1. The summed E-state index contributed by atoms with van der Waals surface area (Å²) in [5.74, 6) is -0.187. The van der Waals surface area contributed by atoms with Crippen LogP contribution in [0, 0.1) is 20.8 Å². The smallest absolute Gasteiger partial charge is 0.316 e. The minimum Gasteiger partial charge on any atom is -0.334 e. The van der Waals surface area contributed by atoms with Gasteiger partial charge in [-0.3, -0.25) is 9.52 Å². The van der Waals surface area contributed by atoms with Crippen molar-refractivity contribution in [2.24, 2.45) is 0 Å². The second-order valence-electron chi connectivity index (χ2n) is 8.53. The molecule has 174 valence electrons. The van der Waals surface area contributed by atoms with Gasteiger partial charge >= 0.3 is 11.8 Å². The molecule has 0 unspecified atom stereocenters. The molecule has 4 rings (SSSR count). The summed E-state index contributed by atoms with van der Waals surface area (Å²) in [5.41, 5.74) is 3.45. The van der Waals surface area contributed by atoms with Gasteiger partial charge in [0.1, 0.15) is 0 Å². The highest BCUT2D eigenvalue weighted by molar-refractivity contribution is 7.92. The number of hydrogen-bond acceptors (Lipinski definition) is 6. The quantitative estimate of drug-likeness (QED) is 0.592. The van der Waals surface area contributed by atoms with Crippen molar-refractivity contribution in [3.63, 3.8) is 0 Å². The van der Waals surface area contributed by atoms with Crippen molar-refractivity contribution in [2.45, 2.75) is 51.3 Å². The Morgan fingerprint density at radius 3 is 2.39 bits per heavy atom. The van der Waals surface area contributed by atoms with E-state index in [9.17, 15) is 13.2 Å². The Balaban J connectivity index is 1.60. The molecule has 1 amide bonds. The Hall–Kier alpha value is -3.20.